The summed E-state index contributed by atoms with van der Waals surface area (Å²) in [6.45, 7) is 3.35. The SMILES string of the molecule is CC1(C)CC(=O)c2c(O)cc(OCC(=O)Nc3ccc4cc[nH]c4c3)cc2O1. The van der Waals surface area contributed by atoms with E-state index in [1.165, 1.54) is 12.1 Å². The number of phenolic OH excluding ortho intramolecular Hbond substituents is 1. The lowest BCUT2D eigenvalue weighted by Crippen LogP contribution is -2.35. The Morgan fingerprint density at radius 2 is 2.11 bits per heavy atom. The smallest absolute Gasteiger partial charge is 0.262 e. The molecule has 1 aliphatic heterocycles. The molecule has 2 heterocycles. The van der Waals surface area contributed by atoms with E-state index < -0.39 is 5.60 Å². The number of aromatic nitrogens is 1. The van der Waals surface area contributed by atoms with E-state index in [2.05, 4.69) is 10.3 Å². The van der Waals surface area contributed by atoms with Gasteiger partial charge in [0.15, 0.2) is 12.4 Å². The van der Waals surface area contributed by atoms with Gasteiger partial charge in [-0.1, -0.05) is 6.07 Å². The van der Waals surface area contributed by atoms with Gasteiger partial charge in [0, 0.05) is 29.5 Å². The quantitative estimate of drug-likeness (QED) is 0.642. The van der Waals surface area contributed by atoms with E-state index in [-0.39, 0.29) is 47.5 Å². The number of fused-ring (bicyclic) bond motifs is 2. The number of ketones is 1. The van der Waals surface area contributed by atoms with Gasteiger partial charge in [-0.3, -0.25) is 9.59 Å². The number of aromatic amines is 1. The number of amides is 1. The maximum Gasteiger partial charge on any atom is 0.262 e. The Labute approximate surface area is 161 Å². The summed E-state index contributed by atoms with van der Waals surface area (Å²) in [5.74, 6) is -0.246. The average molecular weight is 380 g/mol. The number of hydrogen-bond donors (Lipinski definition) is 3. The number of aromatic hydroxyl groups is 1. The molecule has 0 saturated carbocycles. The van der Waals surface area contributed by atoms with Gasteiger partial charge < -0.3 is 24.9 Å². The summed E-state index contributed by atoms with van der Waals surface area (Å²) in [5, 5.41) is 14.0. The average Bonchev–Trinajstić information content (AvgIpc) is 3.05. The van der Waals surface area contributed by atoms with Crippen molar-refractivity contribution in [3.63, 3.8) is 0 Å². The maximum atomic E-state index is 12.2. The number of rotatable bonds is 4. The summed E-state index contributed by atoms with van der Waals surface area (Å²) in [6, 6.07) is 10.3. The fourth-order valence-electron chi connectivity index (χ4n) is 3.30. The van der Waals surface area contributed by atoms with Crippen molar-refractivity contribution in [1.29, 1.82) is 0 Å². The molecule has 0 saturated heterocycles. The van der Waals surface area contributed by atoms with Crippen LogP contribution >= 0.6 is 0 Å². The number of Topliss-reactive ketones (excluding diaryl/α,β-unsaturated/α-hetero) is 1. The lowest BCUT2D eigenvalue weighted by molar-refractivity contribution is -0.118. The molecular formula is C21H20N2O5. The first-order valence-corrected chi connectivity index (χ1v) is 8.90. The molecule has 0 spiro atoms. The Hall–Kier alpha value is -3.48. The number of benzene rings is 2. The largest absolute Gasteiger partial charge is 0.507 e. The minimum atomic E-state index is -0.664. The number of anilines is 1. The molecule has 0 bridgehead atoms. The van der Waals surface area contributed by atoms with Crippen LogP contribution in [0, 0.1) is 0 Å². The highest BCUT2D eigenvalue weighted by molar-refractivity contribution is 6.03. The topological polar surface area (TPSA) is 101 Å². The van der Waals surface area contributed by atoms with Crippen LogP contribution in [0.3, 0.4) is 0 Å². The van der Waals surface area contributed by atoms with Crippen molar-refractivity contribution in [3.8, 4) is 17.2 Å². The van der Waals surface area contributed by atoms with Gasteiger partial charge in [-0.25, -0.2) is 0 Å². The third-order valence-electron chi connectivity index (χ3n) is 4.51. The molecule has 3 aromatic rings. The third kappa shape index (κ3) is 3.51. The molecule has 0 atom stereocenters. The van der Waals surface area contributed by atoms with Gasteiger partial charge in [0.1, 0.15) is 28.4 Å². The first-order valence-electron chi connectivity index (χ1n) is 8.90. The Morgan fingerprint density at radius 3 is 2.93 bits per heavy atom. The highest BCUT2D eigenvalue weighted by atomic mass is 16.5. The molecule has 2 aromatic carbocycles. The second-order valence-corrected chi connectivity index (χ2v) is 7.39. The number of hydrogen-bond acceptors (Lipinski definition) is 5. The van der Waals surface area contributed by atoms with Gasteiger partial charge >= 0.3 is 0 Å². The van der Waals surface area contributed by atoms with Gasteiger partial charge in [0.25, 0.3) is 5.91 Å². The first kappa shape index (κ1) is 17.9. The molecule has 0 fully saturated rings. The maximum absolute atomic E-state index is 12.2. The van der Waals surface area contributed by atoms with Crippen LogP contribution in [0.1, 0.15) is 30.6 Å². The number of phenols is 1. The Balaban J connectivity index is 1.45. The zero-order valence-corrected chi connectivity index (χ0v) is 15.5. The number of carbonyl (C=O) groups is 2. The predicted molar refractivity (Wildman–Crippen MR) is 104 cm³/mol. The number of nitrogens with one attached hydrogen (secondary N) is 2. The summed E-state index contributed by atoms with van der Waals surface area (Å²) in [5.41, 5.74) is 1.05. The molecule has 0 unspecified atom stereocenters. The van der Waals surface area contributed by atoms with Crippen molar-refractivity contribution < 1.29 is 24.2 Å². The fourth-order valence-corrected chi connectivity index (χ4v) is 3.30. The second-order valence-electron chi connectivity index (χ2n) is 7.39. The van der Waals surface area contributed by atoms with Gasteiger partial charge in [0.2, 0.25) is 0 Å². The predicted octanol–water partition coefficient (Wildman–Crippen LogP) is 3.63. The van der Waals surface area contributed by atoms with Gasteiger partial charge in [-0.2, -0.15) is 0 Å². The molecule has 0 radical (unpaired) electrons. The zero-order chi connectivity index (χ0) is 19.9. The Kier molecular flexibility index (Phi) is 4.22. The molecular weight excluding hydrogens is 360 g/mol. The second kappa shape index (κ2) is 6.60. The van der Waals surface area contributed by atoms with E-state index in [0.717, 1.165) is 10.9 Å². The summed E-state index contributed by atoms with van der Waals surface area (Å²) in [6.07, 6.45) is 2.01. The Morgan fingerprint density at radius 1 is 1.29 bits per heavy atom. The highest BCUT2D eigenvalue weighted by Crippen LogP contribution is 2.40. The molecule has 1 amide bonds. The van der Waals surface area contributed by atoms with E-state index in [0.29, 0.717) is 5.69 Å². The summed E-state index contributed by atoms with van der Waals surface area (Å²) < 4.78 is 11.3. The van der Waals surface area contributed by atoms with Crippen LogP contribution in [-0.4, -0.2) is 34.0 Å². The van der Waals surface area contributed by atoms with E-state index >= 15 is 0 Å². The van der Waals surface area contributed by atoms with E-state index in [1.54, 1.807) is 19.9 Å². The van der Waals surface area contributed by atoms with Crippen molar-refractivity contribution >= 4 is 28.3 Å². The molecule has 1 aromatic heterocycles. The van der Waals surface area contributed by atoms with Crippen LogP contribution in [-0.2, 0) is 4.79 Å². The number of carbonyl (C=O) groups excluding carboxylic acids is 2. The number of ether oxygens (including phenoxy) is 2. The van der Waals surface area contributed by atoms with E-state index in [9.17, 15) is 14.7 Å². The molecule has 28 heavy (non-hydrogen) atoms. The van der Waals surface area contributed by atoms with Crippen LogP contribution in [0.15, 0.2) is 42.6 Å². The van der Waals surface area contributed by atoms with Crippen LogP contribution in [0.25, 0.3) is 10.9 Å². The molecule has 4 rings (SSSR count). The molecule has 3 N–H and O–H groups in total. The molecule has 0 aliphatic carbocycles. The van der Waals surface area contributed by atoms with Crippen molar-refractivity contribution in [2.45, 2.75) is 25.9 Å². The monoisotopic (exact) mass is 380 g/mol. The van der Waals surface area contributed by atoms with Gasteiger partial charge in [-0.15, -0.1) is 0 Å². The zero-order valence-electron chi connectivity index (χ0n) is 15.5. The lowest BCUT2D eigenvalue weighted by Gasteiger charge is -2.32. The van der Waals surface area contributed by atoms with Crippen LogP contribution < -0.4 is 14.8 Å². The normalized spacial score (nSPS) is 15.0. The summed E-state index contributed by atoms with van der Waals surface area (Å²) >= 11 is 0. The van der Waals surface area contributed by atoms with Crippen molar-refractivity contribution in [1.82, 2.24) is 4.98 Å². The standard InChI is InChI=1S/C21H20N2O5/c1-21(2)10-17(25)20-16(24)8-14(9-18(20)28-21)27-11-19(26)23-13-4-3-12-5-6-22-15(12)7-13/h3-9,22,24H,10-11H2,1-2H3,(H,23,26). The lowest BCUT2D eigenvalue weighted by atomic mass is 9.92. The minimum Gasteiger partial charge on any atom is -0.507 e. The van der Waals surface area contributed by atoms with Crippen LogP contribution in [0.5, 0.6) is 17.2 Å². The third-order valence-corrected chi connectivity index (χ3v) is 4.51. The van der Waals surface area contributed by atoms with Crippen molar-refractivity contribution in [2.75, 3.05) is 11.9 Å². The van der Waals surface area contributed by atoms with Gasteiger partial charge in [0.05, 0.1) is 6.42 Å². The first-order chi connectivity index (χ1) is 13.3. The Bertz CT molecular complexity index is 1080. The van der Waals surface area contributed by atoms with E-state index in [1.807, 2.05) is 24.4 Å². The highest BCUT2D eigenvalue weighted by Gasteiger charge is 2.35. The van der Waals surface area contributed by atoms with Gasteiger partial charge in [-0.05, 0) is 37.4 Å². The summed E-state index contributed by atoms with van der Waals surface area (Å²) in [7, 11) is 0. The minimum absolute atomic E-state index is 0.148. The molecule has 144 valence electrons. The van der Waals surface area contributed by atoms with Crippen LogP contribution in [0.2, 0.25) is 0 Å². The van der Waals surface area contributed by atoms with Crippen molar-refractivity contribution in [2.24, 2.45) is 0 Å². The molecule has 1 aliphatic rings. The summed E-state index contributed by atoms with van der Waals surface area (Å²) in [4.78, 5) is 27.5. The van der Waals surface area contributed by atoms with Crippen molar-refractivity contribution in [3.05, 3.63) is 48.2 Å². The fraction of sp³-hybridized carbons (Fsp3) is 0.238. The number of H-pyrrole nitrogens is 1. The molecule has 7 nitrogen and oxygen atoms in total. The van der Waals surface area contributed by atoms with Crippen LogP contribution in [0.4, 0.5) is 5.69 Å². The molecule has 7 heteroatoms. The van der Waals surface area contributed by atoms with E-state index in [4.69, 9.17) is 9.47 Å².